The van der Waals surface area contributed by atoms with Crippen LogP contribution in [0.3, 0.4) is 0 Å². The monoisotopic (exact) mass is 387 g/mol. The maximum Gasteiger partial charge on any atom is 0.389 e. The first-order valence-electron chi connectivity index (χ1n) is 5.58. The largest absolute Gasteiger partial charge is 0.389 e. The molecule has 0 heterocycles. The zero-order valence-corrected chi connectivity index (χ0v) is 13.0. The van der Waals surface area contributed by atoms with Crippen LogP contribution < -0.4 is 5.32 Å². The summed E-state index contributed by atoms with van der Waals surface area (Å²) in [6, 6.07) is 5.25. The van der Waals surface area contributed by atoms with Crippen molar-refractivity contribution in [3.8, 4) is 0 Å². The van der Waals surface area contributed by atoms with E-state index in [1.807, 2.05) is 25.1 Å². The Labute approximate surface area is 121 Å². The van der Waals surface area contributed by atoms with E-state index in [0.29, 0.717) is 6.54 Å². The van der Waals surface area contributed by atoms with Crippen molar-refractivity contribution >= 4 is 31.9 Å². The van der Waals surface area contributed by atoms with E-state index in [0.717, 1.165) is 14.5 Å². The summed E-state index contributed by atoms with van der Waals surface area (Å²) in [5.41, 5.74) is 0.849. The lowest BCUT2D eigenvalue weighted by atomic mass is 10.0. The maximum absolute atomic E-state index is 12.3. The molecule has 102 valence electrons. The fourth-order valence-electron chi connectivity index (χ4n) is 1.72. The quantitative estimate of drug-likeness (QED) is 0.730. The zero-order chi connectivity index (χ0) is 13.8. The van der Waals surface area contributed by atoms with Gasteiger partial charge in [0, 0.05) is 21.4 Å². The summed E-state index contributed by atoms with van der Waals surface area (Å²) in [6.45, 7) is 2.51. The molecule has 1 aromatic carbocycles. The van der Waals surface area contributed by atoms with E-state index in [-0.39, 0.29) is 12.5 Å². The topological polar surface area (TPSA) is 12.0 Å². The van der Waals surface area contributed by atoms with Crippen LogP contribution >= 0.6 is 31.9 Å². The Morgan fingerprint density at radius 2 is 1.72 bits per heavy atom. The van der Waals surface area contributed by atoms with Crippen LogP contribution in [0.15, 0.2) is 27.1 Å². The lowest BCUT2D eigenvalue weighted by molar-refractivity contribution is -0.136. The number of hydrogen-bond acceptors (Lipinski definition) is 1. The first kappa shape index (κ1) is 16.0. The summed E-state index contributed by atoms with van der Waals surface area (Å²) in [4.78, 5) is 0. The Morgan fingerprint density at radius 3 is 2.17 bits per heavy atom. The number of rotatable bonds is 5. The molecule has 6 heteroatoms. The van der Waals surface area contributed by atoms with Crippen molar-refractivity contribution in [1.29, 1.82) is 0 Å². The van der Waals surface area contributed by atoms with Gasteiger partial charge in [-0.05, 0) is 36.7 Å². The van der Waals surface area contributed by atoms with Gasteiger partial charge in [-0.3, -0.25) is 0 Å². The second-order valence-corrected chi connectivity index (χ2v) is 5.80. The van der Waals surface area contributed by atoms with E-state index in [4.69, 9.17) is 0 Å². The third-order valence-corrected chi connectivity index (χ3v) is 3.37. The molecule has 0 aliphatic heterocycles. The first-order chi connectivity index (χ1) is 8.31. The Kier molecular flexibility index (Phi) is 6.14. The number of benzene rings is 1. The number of hydrogen-bond donors (Lipinski definition) is 1. The maximum atomic E-state index is 12.3. The first-order valence-corrected chi connectivity index (χ1v) is 7.16. The van der Waals surface area contributed by atoms with E-state index < -0.39 is 12.6 Å². The summed E-state index contributed by atoms with van der Waals surface area (Å²) >= 11 is 6.69. The van der Waals surface area contributed by atoms with Crippen LogP contribution in [0.5, 0.6) is 0 Å². The Balaban J connectivity index is 2.83. The lowest BCUT2D eigenvalue weighted by Crippen LogP contribution is -2.23. The van der Waals surface area contributed by atoms with Gasteiger partial charge in [0.1, 0.15) is 0 Å². The van der Waals surface area contributed by atoms with Crippen molar-refractivity contribution < 1.29 is 13.2 Å². The van der Waals surface area contributed by atoms with Crippen LogP contribution in [-0.2, 0) is 0 Å². The minimum absolute atomic E-state index is 0.0419. The molecule has 1 aromatic rings. The van der Waals surface area contributed by atoms with E-state index >= 15 is 0 Å². The molecule has 1 atom stereocenters. The Morgan fingerprint density at radius 1 is 1.17 bits per heavy atom. The third-order valence-electron chi connectivity index (χ3n) is 2.45. The van der Waals surface area contributed by atoms with E-state index in [2.05, 4.69) is 37.2 Å². The van der Waals surface area contributed by atoms with Crippen LogP contribution in [0.2, 0.25) is 0 Å². The SMILES string of the molecule is CCNC(CCC(F)(F)F)c1cc(Br)cc(Br)c1. The number of alkyl halides is 3. The highest BCUT2D eigenvalue weighted by Gasteiger charge is 2.28. The molecule has 0 aromatic heterocycles. The van der Waals surface area contributed by atoms with Crippen LogP contribution in [0, 0.1) is 0 Å². The van der Waals surface area contributed by atoms with Gasteiger partial charge in [-0.2, -0.15) is 13.2 Å². The molecule has 0 saturated heterocycles. The molecule has 1 rings (SSSR count). The van der Waals surface area contributed by atoms with Crippen molar-refractivity contribution in [2.24, 2.45) is 0 Å². The second-order valence-electron chi connectivity index (χ2n) is 3.97. The molecule has 0 saturated carbocycles. The van der Waals surface area contributed by atoms with Crippen LogP contribution in [0.1, 0.15) is 31.4 Å². The van der Waals surface area contributed by atoms with Crippen molar-refractivity contribution in [2.75, 3.05) is 6.54 Å². The van der Waals surface area contributed by atoms with Crippen LogP contribution in [0.4, 0.5) is 13.2 Å². The van der Waals surface area contributed by atoms with Gasteiger partial charge in [0.15, 0.2) is 0 Å². The molecule has 0 radical (unpaired) electrons. The minimum Gasteiger partial charge on any atom is -0.310 e. The summed E-state index contributed by atoms with van der Waals surface area (Å²) in [5, 5.41) is 3.08. The molecule has 1 nitrogen and oxygen atoms in total. The predicted octanol–water partition coefficient (Wildman–Crippen LogP) is 5.20. The van der Waals surface area contributed by atoms with Gasteiger partial charge in [0.2, 0.25) is 0 Å². The number of halogens is 5. The Hall–Kier alpha value is -0.0700. The van der Waals surface area contributed by atoms with Crippen molar-refractivity contribution in [2.45, 2.75) is 32.0 Å². The average Bonchev–Trinajstić information content (AvgIpc) is 2.21. The second kappa shape index (κ2) is 6.91. The smallest absolute Gasteiger partial charge is 0.310 e. The standard InChI is InChI=1S/C12H14Br2F3N/c1-2-18-11(3-4-12(15,16)17)8-5-9(13)7-10(14)6-8/h5-7,11,18H,2-4H2,1H3. The van der Waals surface area contributed by atoms with Gasteiger partial charge < -0.3 is 5.32 Å². The molecular weight excluding hydrogens is 375 g/mol. The molecule has 0 amide bonds. The van der Waals surface area contributed by atoms with Crippen molar-refractivity contribution in [1.82, 2.24) is 5.32 Å². The lowest BCUT2D eigenvalue weighted by Gasteiger charge is -2.20. The third kappa shape index (κ3) is 5.71. The molecule has 0 fully saturated rings. The van der Waals surface area contributed by atoms with Crippen molar-refractivity contribution in [3.63, 3.8) is 0 Å². The van der Waals surface area contributed by atoms with Crippen LogP contribution in [-0.4, -0.2) is 12.7 Å². The van der Waals surface area contributed by atoms with E-state index in [9.17, 15) is 13.2 Å². The molecule has 0 spiro atoms. The van der Waals surface area contributed by atoms with Gasteiger partial charge >= 0.3 is 6.18 Å². The van der Waals surface area contributed by atoms with Crippen molar-refractivity contribution in [3.05, 3.63) is 32.7 Å². The van der Waals surface area contributed by atoms with E-state index in [1.165, 1.54) is 0 Å². The highest BCUT2D eigenvalue weighted by Crippen LogP contribution is 2.30. The fourth-order valence-corrected chi connectivity index (χ4v) is 3.05. The summed E-state index contributed by atoms with van der Waals surface area (Å²) in [7, 11) is 0. The normalized spacial score (nSPS) is 13.7. The van der Waals surface area contributed by atoms with Gasteiger partial charge in [0.25, 0.3) is 0 Å². The molecule has 1 unspecified atom stereocenters. The van der Waals surface area contributed by atoms with Gasteiger partial charge in [-0.15, -0.1) is 0 Å². The minimum atomic E-state index is -4.11. The molecule has 1 N–H and O–H groups in total. The van der Waals surface area contributed by atoms with Gasteiger partial charge in [-0.1, -0.05) is 38.8 Å². The molecule has 0 bridgehead atoms. The number of nitrogens with one attached hydrogen (secondary N) is 1. The predicted molar refractivity (Wildman–Crippen MR) is 73.5 cm³/mol. The highest BCUT2D eigenvalue weighted by molar-refractivity contribution is 9.11. The van der Waals surface area contributed by atoms with Gasteiger partial charge in [-0.25, -0.2) is 0 Å². The summed E-state index contributed by atoms with van der Waals surface area (Å²) in [6.07, 6.45) is -4.86. The molecule has 0 aliphatic carbocycles. The molecular formula is C12H14Br2F3N. The molecule has 0 aliphatic rings. The van der Waals surface area contributed by atoms with E-state index in [1.54, 1.807) is 0 Å². The molecule has 18 heavy (non-hydrogen) atoms. The fraction of sp³-hybridized carbons (Fsp3) is 0.500. The highest BCUT2D eigenvalue weighted by atomic mass is 79.9. The average molecular weight is 389 g/mol. The zero-order valence-electron chi connectivity index (χ0n) is 9.82. The van der Waals surface area contributed by atoms with Crippen LogP contribution in [0.25, 0.3) is 0 Å². The Bertz CT molecular complexity index is 373. The summed E-state index contributed by atoms with van der Waals surface area (Å²) in [5.74, 6) is 0. The van der Waals surface area contributed by atoms with Gasteiger partial charge in [0.05, 0.1) is 0 Å². The summed E-state index contributed by atoms with van der Waals surface area (Å²) < 4.78 is 38.6.